The van der Waals surface area contributed by atoms with E-state index in [1.165, 1.54) is 12.8 Å². The molecule has 2 rings (SSSR count). The van der Waals surface area contributed by atoms with Gasteiger partial charge in [0.1, 0.15) is 0 Å². The minimum atomic E-state index is 0.168. The van der Waals surface area contributed by atoms with Gasteiger partial charge in [0.2, 0.25) is 0 Å². The van der Waals surface area contributed by atoms with Crippen molar-refractivity contribution in [3.8, 4) is 0 Å². The van der Waals surface area contributed by atoms with E-state index in [1.807, 2.05) is 0 Å². The Morgan fingerprint density at radius 2 is 0.621 bits per heavy atom. The van der Waals surface area contributed by atoms with Crippen LogP contribution in [0, 0.1) is 0 Å². The van der Waals surface area contributed by atoms with E-state index in [1.54, 1.807) is 0 Å². The maximum Gasteiger partial charge on any atom is 0.0828 e. The number of nitrogens with one attached hydrogen (secondary N) is 8. The van der Waals surface area contributed by atoms with Gasteiger partial charge in [0.15, 0.2) is 0 Å². The summed E-state index contributed by atoms with van der Waals surface area (Å²) < 4.78 is 6.52. The number of ether oxygens (including phenoxy) is 1. The van der Waals surface area contributed by atoms with Gasteiger partial charge in [0.25, 0.3) is 0 Å². The van der Waals surface area contributed by atoms with Crippen molar-refractivity contribution >= 4 is 0 Å². The predicted molar refractivity (Wildman–Crippen MR) is 121 cm³/mol. The molecule has 2 aliphatic heterocycles. The molecule has 0 bridgehead atoms. The van der Waals surface area contributed by atoms with Crippen molar-refractivity contribution in [3.05, 3.63) is 0 Å². The molecule has 0 aromatic heterocycles. The van der Waals surface area contributed by atoms with Gasteiger partial charge in [-0.1, -0.05) is 0 Å². The van der Waals surface area contributed by atoms with E-state index >= 15 is 0 Å². The average Bonchev–Trinajstić information content (AvgIpc) is 2.73. The van der Waals surface area contributed by atoms with Gasteiger partial charge in [-0.15, -0.1) is 0 Å². The fraction of sp³-hybridized carbons (Fsp3) is 1.00. The zero-order chi connectivity index (χ0) is 20.2. The van der Waals surface area contributed by atoms with Crippen LogP contribution in [0.15, 0.2) is 0 Å². The Bertz CT molecular complexity index is 303. The Hall–Kier alpha value is -0.360. The number of rotatable bonds is 2. The Labute approximate surface area is 177 Å². The summed E-state index contributed by atoms with van der Waals surface area (Å²) in [6.07, 6.45) is 2.69. The first-order valence-corrected chi connectivity index (χ1v) is 11.8. The third-order valence-electron chi connectivity index (χ3n) is 5.20. The van der Waals surface area contributed by atoms with Crippen molar-refractivity contribution in [3.63, 3.8) is 0 Å². The maximum absolute atomic E-state index is 6.52. The Balaban J connectivity index is 1.77. The second-order valence-corrected chi connectivity index (χ2v) is 7.90. The lowest BCUT2D eigenvalue weighted by molar-refractivity contribution is -0.00846. The van der Waals surface area contributed by atoms with Gasteiger partial charge < -0.3 is 47.3 Å². The van der Waals surface area contributed by atoms with Crippen molar-refractivity contribution in [1.82, 2.24) is 42.5 Å². The Morgan fingerprint density at radius 3 is 0.931 bits per heavy atom. The van der Waals surface area contributed by atoms with Gasteiger partial charge in [-0.2, -0.15) is 0 Å². The van der Waals surface area contributed by atoms with Crippen LogP contribution in [0.25, 0.3) is 0 Å². The van der Waals surface area contributed by atoms with Gasteiger partial charge in [-0.25, -0.2) is 0 Å². The largest absolute Gasteiger partial charge is 0.370 e. The van der Waals surface area contributed by atoms with E-state index in [9.17, 15) is 0 Å². The monoisotopic (exact) mass is 414 g/mol. The summed E-state index contributed by atoms with van der Waals surface area (Å²) >= 11 is 0. The van der Waals surface area contributed by atoms with Crippen LogP contribution in [-0.2, 0) is 4.74 Å². The molecular formula is C20H46N8O. The lowest BCUT2D eigenvalue weighted by Crippen LogP contribution is -2.48. The molecule has 9 nitrogen and oxygen atoms in total. The standard InChI is InChI=1S/C20H46N8O/c1-3-21-7-11-25-15-19(16-26-12-8-22-4-1)29-20-17-27-13-9-23-5-2-6-24-10-14-28-18-20/h19-28H,1-18H2. The molecule has 0 spiro atoms. The van der Waals surface area contributed by atoms with Crippen molar-refractivity contribution in [2.45, 2.75) is 25.0 Å². The van der Waals surface area contributed by atoms with Crippen molar-refractivity contribution < 1.29 is 4.74 Å². The maximum atomic E-state index is 6.52. The normalized spacial score (nSPS) is 25.7. The molecule has 29 heavy (non-hydrogen) atoms. The summed E-state index contributed by atoms with van der Waals surface area (Å²) in [6.45, 7) is 15.7. The van der Waals surface area contributed by atoms with E-state index in [2.05, 4.69) is 42.5 Å². The fourth-order valence-corrected chi connectivity index (χ4v) is 3.55. The summed E-state index contributed by atoms with van der Waals surface area (Å²) in [7, 11) is 0. The summed E-state index contributed by atoms with van der Waals surface area (Å²) in [5.74, 6) is 0. The molecule has 0 radical (unpaired) electrons. The topological polar surface area (TPSA) is 105 Å². The molecule has 2 fully saturated rings. The van der Waals surface area contributed by atoms with Gasteiger partial charge in [-0.05, 0) is 39.0 Å². The molecule has 0 atom stereocenters. The van der Waals surface area contributed by atoms with Crippen LogP contribution >= 0.6 is 0 Å². The van der Waals surface area contributed by atoms with Crippen LogP contribution in [0.1, 0.15) is 12.8 Å². The molecule has 8 N–H and O–H groups in total. The average molecular weight is 415 g/mol. The van der Waals surface area contributed by atoms with Crippen LogP contribution in [0.5, 0.6) is 0 Å². The van der Waals surface area contributed by atoms with Crippen LogP contribution < -0.4 is 42.5 Å². The Kier molecular flexibility index (Phi) is 15.8. The zero-order valence-electron chi connectivity index (χ0n) is 18.3. The fourth-order valence-electron chi connectivity index (χ4n) is 3.55. The highest BCUT2D eigenvalue weighted by Gasteiger charge is 2.16. The van der Waals surface area contributed by atoms with Gasteiger partial charge in [-0.3, -0.25) is 0 Å². The molecule has 2 saturated heterocycles. The highest BCUT2D eigenvalue weighted by molar-refractivity contribution is 4.74. The minimum Gasteiger partial charge on any atom is -0.370 e. The van der Waals surface area contributed by atoms with Gasteiger partial charge in [0, 0.05) is 78.5 Å². The van der Waals surface area contributed by atoms with Gasteiger partial charge in [0.05, 0.1) is 12.2 Å². The SMILES string of the molecule is C1CNCCNCC(OC2CNCCNCCCNCCNC2)CNCCNC1. The third kappa shape index (κ3) is 14.3. The molecule has 172 valence electrons. The molecule has 0 aromatic carbocycles. The first-order chi connectivity index (χ1) is 14.4. The summed E-state index contributed by atoms with van der Waals surface area (Å²) in [5.41, 5.74) is 0. The summed E-state index contributed by atoms with van der Waals surface area (Å²) in [5, 5.41) is 28.2. The molecule has 9 heteroatoms. The number of hydrogen-bond acceptors (Lipinski definition) is 9. The first-order valence-electron chi connectivity index (χ1n) is 11.8. The van der Waals surface area contributed by atoms with Crippen LogP contribution in [0.3, 0.4) is 0 Å². The molecule has 0 unspecified atom stereocenters. The quantitative estimate of drug-likeness (QED) is 0.244. The highest BCUT2D eigenvalue weighted by atomic mass is 16.5. The molecule has 0 aliphatic carbocycles. The van der Waals surface area contributed by atoms with Crippen LogP contribution in [0.4, 0.5) is 0 Å². The minimum absolute atomic E-state index is 0.168. The van der Waals surface area contributed by atoms with E-state index in [4.69, 9.17) is 4.74 Å². The molecular weight excluding hydrogens is 368 g/mol. The molecule has 0 aromatic rings. The molecule has 2 heterocycles. The van der Waals surface area contributed by atoms with Crippen LogP contribution in [0.2, 0.25) is 0 Å². The van der Waals surface area contributed by atoms with Crippen molar-refractivity contribution in [2.75, 3.05) is 105 Å². The lowest BCUT2D eigenvalue weighted by atomic mass is 10.2. The van der Waals surface area contributed by atoms with Gasteiger partial charge >= 0.3 is 0 Å². The van der Waals surface area contributed by atoms with Crippen molar-refractivity contribution in [1.29, 1.82) is 0 Å². The second kappa shape index (κ2) is 18.4. The Morgan fingerprint density at radius 1 is 0.345 bits per heavy atom. The molecule has 0 saturated carbocycles. The number of hydrogen-bond donors (Lipinski definition) is 8. The zero-order valence-corrected chi connectivity index (χ0v) is 18.3. The lowest BCUT2D eigenvalue weighted by Gasteiger charge is -2.27. The van der Waals surface area contributed by atoms with E-state index < -0.39 is 0 Å². The second-order valence-electron chi connectivity index (χ2n) is 7.90. The third-order valence-corrected chi connectivity index (χ3v) is 5.20. The van der Waals surface area contributed by atoms with E-state index in [0.717, 1.165) is 105 Å². The smallest absolute Gasteiger partial charge is 0.0828 e. The first kappa shape index (κ1) is 24.9. The predicted octanol–water partition coefficient (Wildman–Crippen LogP) is -2.74. The molecule has 0 amide bonds. The molecule has 2 aliphatic rings. The van der Waals surface area contributed by atoms with E-state index in [0.29, 0.717) is 0 Å². The summed E-state index contributed by atoms with van der Waals surface area (Å²) in [6, 6.07) is 0. The van der Waals surface area contributed by atoms with Crippen LogP contribution in [-0.4, -0.2) is 117 Å². The summed E-state index contributed by atoms with van der Waals surface area (Å²) in [4.78, 5) is 0. The van der Waals surface area contributed by atoms with Crippen molar-refractivity contribution in [2.24, 2.45) is 0 Å². The van der Waals surface area contributed by atoms with E-state index in [-0.39, 0.29) is 12.2 Å². The highest BCUT2D eigenvalue weighted by Crippen LogP contribution is 1.98.